The Morgan fingerprint density at radius 2 is 1.55 bits per heavy atom. The summed E-state index contributed by atoms with van der Waals surface area (Å²) in [7, 11) is 0. The third-order valence-corrected chi connectivity index (χ3v) is 6.41. The number of morpholine rings is 2. The van der Waals surface area contributed by atoms with Gasteiger partial charge in [0.1, 0.15) is 0 Å². The minimum absolute atomic E-state index is 0.0299. The highest BCUT2D eigenvalue weighted by atomic mass is 32.2. The zero-order valence-corrected chi connectivity index (χ0v) is 17.6. The van der Waals surface area contributed by atoms with Gasteiger partial charge in [0.05, 0.1) is 44.8 Å². The van der Waals surface area contributed by atoms with Gasteiger partial charge >= 0.3 is 0 Å². The second-order valence-electron chi connectivity index (χ2n) is 7.30. The summed E-state index contributed by atoms with van der Waals surface area (Å²) in [5.74, 6) is 0.447. The summed E-state index contributed by atoms with van der Waals surface area (Å²) >= 11 is 1.72. The molecule has 29 heavy (non-hydrogen) atoms. The van der Waals surface area contributed by atoms with Gasteiger partial charge in [-0.15, -0.1) is 11.8 Å². The molecule has 4 rings (SSSR count). The lowest BCUT2D eigenvalue weighted by Crippen LogP contribution is -2.55. The van der Waals surface area contributed by atoms with Crippen molar-refractivity contribution in [3.05, 3.63) is 54.0 Å². The minimum atomic E-state index is -0.330. The SMILES string of the molecule is CSc1ccc(C(C(C(=O)c2ccco2)N2CCOCC2)N2CCOCC2)cc1. The van der Waals surface area contributed by atoms with Crippen LogP contribution in [0.5, 0.6) is 0 Å². The molecule has 0 radical (unpaired) electrons. The van der Waals surface area contributed by atoms with Gasteiger partial charge in [-0.3, -0.25) is 14.6 Å². The van der Waals surface area contributed by atoms with Crippen LogP contribution in [0.3, 0.4) is 0 Å². The molecule has 0 aliphatic carbocycles. The molecular weight excluding hydrogens is 388 g/mol. The average molecular weight is 417 g/mol. The van der Waals surface area contributed by atoms with Crippen molar-refractivity contribution in [2.45, 2.75) is 17.0 Å². The molecule has 0 saturated carbocycles. The van der Waals surface area contributed by atoms with Crippen molar-refractivity contribution in [2.75, 3.05) is 58.9 Å². The van der Waals surface area contributed by atoms with E-state index in [2.05, 4.69) is 40.3 Å². The lowest BCUT2D eigenvalue weighted by molar-refractivity contribution is -0.0307. The molecule has 2 fully saturated rings. The minimum Gasteiger partial charge on any atom is -0.461 e. The predicted molar refractivity (Wildman–Crippen MR) is 113 cm³/mol. The van der Waals surface area contributed by atoms with E-state index in [1.807, 2.05) is 0 Å². The molecule has 1 aromatic carbocycles. The van der Waals surface area contributed by atoms with Crippen LogP contribution in [0.25, 0.3) is 0 Å². The standard InChI is InChI=1S/C22H28N2O4S/c1-29-18-6-4-17(5-7-18)20(23-8-13-26-14-9-23)21(24-10-15-27-16-11-24)22(25)19-3-2-12-28-19/h2-7,12,20-21H,8-11,13-16H2,1H3. The summed E-state index contributed by atoms with van der Waals surface area (Å²) in [6, 6.07) is 11.8. The lowest BCUT2D eigenvalue weighted by atomic mass is 9.91. The van der Waals surface area contributed by atoms with E-state index >= 15 is 0 Å². The van der Waals surface area contributed by atoms with Crippen LogP contribution >= 0.6 is 11.8 Å². The Balaban J connectivity index is 1.74. The fourth-order valence-electron chi connectivity index (χ4n) is 4.18. The second-order valence-corrected chi connectivity index (χ2v) is 8.18. The lowest BCUT2D eigenvalue weighted by Gasteiger charge is -2.44. The number of Topliss-reactive ketones (excluding diaryl/α,β-unsaturated/α-hetero) is 1. The van der Waals surface area contributed by atoms with Crippen LogP contribution in [-0.4, -0.2) is 80.5 Å². The second kappa shape index (κ2) is 9.91. The van der Waals surface area contributed by atoms with Crippen LogP contribution < -0.4 is 0 Å². The number of ketones is 1. The zero-order valence-electron chi connectivity index (χ0n) is 16.8. The first-order chi connectivity index (χ1) is 14.3. The highest BCUT2D eigenvalue weighted by Crippen LogP contribution is 2.32. The molecule has 0 N–H and O–H groups in total. The zero-order chi connectivity index (χ0) is 20.1. The predicted octanol–water partition coefficient (Wildman–Crippen LogP) is 2.96. The maximum Gasteiger partial charge on any atom is 0.216 e. The number of furan rings is 1. The van der Waals surface area contributed by atoms with Crippen LogP contribution in [0.1, 0.15) is 22.2 Å². The van der Waals surface area contributed by atoms with E-state index in [1.54, 1.807) is 30.2 Å². The average Bonchev–Trinajstić information content (AvgIpc) is 3.33. The van der Waals surface area contributed by atoms with E-state index in [4.69, 9.17) is 13.9 Å². The molecule has 2 aliphatic rings. The van der Waals surface area contributed by atoms with Gasteiger partial charge in [0, 0.05) is 31.1 Å². The molecule has 1 aromatic heterocycles. The molecule has 2 aliphatic heterocycles. The highest BCUT2D eigenvalue weighted by molar-refractivity contribution is 7.98. The maximum absolute atomic E-state index is 13.6. The van der Waals surface area contributed by atoms with E-state index in [9.17, 15) is 4.79 Å². The van der Waals surface area contributed by atoms with Crippen molar-refractivity contribution in [1.82, 2.24) is 9.80 Å². The van der Waals surface area contributed by atoms with Crippen molar-refractivity contribution in [1.29, 1.82) is 0 Å². The summed E-state index contributed by atoms with van der Waals surface area (Å²) in [5.41, 5.74) is 1.15. The van der Waals surface area contributed by atoms with Gasteiger partial charge in [-0.25, -0.2) is 0 Å². The number of carbonyl (C=O) groups is 1. The first-order valence-electron chi connectivity index (χ1n) is 10.1. The van der Waals surface area contributed by atoms with Gasteiger partial charge in [0.2, 0.25) is 5.78 Å². The Morgan fingerprint density at radius 1 is 0.931 bits per heavy atom. The maximum atomic E-state index is 13.6. The van der Waals surface area contributed by atoms with Gasteiger partial charge in [0.25, 0.3) is 0 Å². The molecular formula is C22H28N2O4S. The first kappa shape index (κ1) is 20.6. The van der Waals surface area contributed by atoms with Crippen LogP contribution in [-0.2, 0) is 9.47 Å². The molecule has 6 nitrogen and oxygen atoms in total. The quantitative estimate of drug-likeness (QED) is 0.508. The molecule has 0 amide bonds. The van der Waals surface area contributed by atoms with E-state index in [1.165, 1.54) is 4.90 Å². The first-order valence-corrected chi connectivity index (χ1v) is 11.4. The number of rotatable bonds is 7. The molecule has 0 spiro atoms. The molecule has 2 unspecified atom stereocenters. The van der Waals surface area contributed by atoms with E-state index < -0.39 is 0 Å². The summed E-state index contributed by atoms with van der Waals surface area (Å²) in [6.45, 7) is 5.74. The largest absolute Gasteiger partial charge is 0.461 e. The summed E-state index contributed by atoms with van der Waals surface area (Å²) in [5, 5.41) is 0. The third kappa shape index (κ3) is 4.75. The molecule has 7 heteroatoms. The van der Waals surface area contributed by atoms with Crippen LogP contribution in [0.4, 0.5) is 0 Å². The van der Waals surface area contributed by atoms with E-state index in [0.29, 0.717) is 32.2 Å². The number of thioether (sulfide) groups is 1. The Kier molecular flexibility index (Phi) is 7.05. The van der Waals surface area contributed by atoms with E-state index in [0.717, 1.165) is 31.7 Å². The number of hydrogen-bond donors (Lipinski definition) is 0. The van der Waals surface area contributed by atoms with Gasteiger partial charge in [-0.2, -0.15) is 0 Å². The molecule has 2 atom stereocenters. The van der Waals surface area contributed by atoms with Crippen molar-refractivity contribution < 1.29 is 18.7 Å². The van der Waals surface area contributed by atoms with Crippen molar-refractivity contribution >= 4 is 17.5 Å². The van der Waals surface area contributed by atoms with Crippen molar-refractivity contribution in [3.63, 3.8) is 0 Å². The Labute approximate surface area is 176 Å². The smallest absolute Gasteiger partial charge is 0.216 e. The van der Waals surface area contributed by atoms with Gasteiger partial charge < -0.3 is 13.9 Å². The number of hydrogen-bond acceptors (Lipinski definition) is 7. The fourth-order valence-corrected chi connectivity index (χ4v) is 4.59. The molecule has 2 aromatic rings. The summed E-state index contributed by atoms with van der Waals surface area (Å²) in [4.78, 5) is 19.5. The fraction of sp³-hybridized carbons (Fsp3) is 0.500. The van der Waals surface area contributed by atoms with Crippen LogP contribution in [0, 0.1) is 0 Å². The summed E-state index contributed by atoms with van der Waals surface area (Å²) in [6.07, 6.45) is 3.64. The molecule has 2 saturated heterocycles. The van der Waals surface area contributed by atoms with Crippen LogP contribution in [0.2, 0.25) is 0 Å². The highest BCUT2D eigenvalue weighted by Gasteiger charge is 2.40. The third-order valence-electron chi connectivity index (χ3n) is 5.67. The van der Waals surface area contributed by atoms with Crippen molar-refractivity contribution in [2.24, 2.45) is 0 Å². The van der Waals surface area contributed by atoms with E-state index in [-0.39, 0.29) is 17.9 Å². The summed E-state index contributed by atoms with van der Waals surface area (Å²) < 4.78 is 16.7. The normalized spacial score (nSPS) is 21.0. The number of ether oxygens (including phenoxy) is 2. The number of carbonyl (C=O) groups excluding carboxylic acids is 1. The Morgan fingerprint density at radius 3 is 2.10 bits per heavy atom. The molecule has 0 bridgehead atoms. The number of nitrogens with zero attached hydrogens (tertiary/aromatic N) is 2. The number of benzene rings is 1. The Bertz CT molecular complexity index is 769. The van der Waals surface area contributed by atoms with Gasteiger partial charge in [-0.05, 0) is 36.1 Å². The Hall–Kier alpha value is -1.64. The van der Waals surface area contributed by atoms with Crippen molar-refractivity contribution in [3.8, 4) is 0 Å². The monoisotopic (exact) mass is 416 g/mol. The topological polar surface area (TPSA) is 55.2 Å². The molecule has 3 heterocycles. The van der Waals surface area contributed by atoms with Gasteiger partial charge in [0.15, 0.2) is 5.76 Å². The molecule has 156 valence electrons. The van der Waals surface area contributed by atoms with Crippen LogP contribution in [0.15, 0.2) is 52.0 Å². The van der Waals surface area contributed by atoms with Gasteiger partial charge in [-0.1, -0.05) is 12.1 Å².